The van der Waals surface area contributed by atoms with Crippen molar-refractivity contribution in [3.8, 4) is 0 Å². The van der Waals surface area contributed by atoms with Gasteiger partial charge in [-0.15, -0.1) is 0 Å². The summed E-state index contributed by atoms with van der Waals surface area (Å²) in [6, 6.07) is 16.7. The molecule has 0 amide bonds. The first-order valence-corrected chi connectivity index (χ1v) is 7.16. The number of rotatable bonds is 3. The highest BCUT2D eigenvalue weighted by Crippen LogP contribution is 2.12. The normalized spacial score (nSPS) is 11.6. The quantitative estimate of drug-likeness (QED) is 0.807. The number of hydrogen-bond donors (Lipinski definition) is 0. The van der Waals surface area contributed by atoms with Gasteiger partial charge in [0.05, 0.1) is 4.90 Å². The van der Waals surface area contributed by atoms with Gasteiger partial charge in [0.2, 0.25) is 9.84 Å². The van der Waals surface area contributed by atoms with Crippen LogP contribution in [0.4, 0.5) is 0 Å². The van der Waals surface area contributed by atoms with Gasteiger partial charge in [-0.05, 0) is 23.8 Å². The van der Waals surface area contributed by atoms with Crippen molar-refractivity contribution in [3.05, 3.63) is 72.3 Å². The first-order chi connectivity index (χ1) is 9.10. The molecule has 0 aliphatic heterocycles. The first-order valence-electron chi connectivity index (χ1n) is 5.68. The van der Waals surface area contributed by atoms with Crippen LogP contribution in [-0.4, -0.2) is 13.5 Å². The molecular formula is C15H12O3S. The van der Waals surface area contributed by atoms with E-state index in [1.165, 1.54) is 18.2 Å². The van der Waals surface area contributed by atoms with E-state index in [4.69, 9.17) is 0 Å². The topological polar surface area (TPSA) is 51.2 Å². The minimum Gasteiger partial charge on any atom is -0.276 e. The number of sulfone groups is 1. The van der Waals surface area contributed by atoms with Crippen molar-refractivity contribution in [2.75, 3.05) is 0 Å². The van der Waals surface area contributed by atoms with Gasteiger partial charge in [0, 0.05) is 0 Å². The van der Waals surface area contributed by atoms with Gasteiger partial charge in [0.1, 0.15) is 0 Å². The van der Waals surface area contributed by atoms with E-state index in [1.54, 1.807) is 30.3 Å². The standard InChI is InChI=1S/C15H12O3S/c16-15(12-11-13-7-3-1-4-8-13)19(17,18)14-9-5-2-6-10-14/h1-12H. The molecule has 0 radical (unpaired) electrons. The lowest BCUT2D eigenvalue weighted by molar-refractivity contribution is -0.107. The maximum Gasteiger partial charge on any atom is 0.274 e. The molecule has 3 nitrogen and oxygen atoms in total. The van der Waals surface area contributed by atoms with Crippen LogP contribution in [0, 0.1) is 0 Å². The molecular weight excluding hydrogens is 260 g/mol. The molecule has 0 aliphatic rings. The average molecular weight is 272 g/mol. The van der Waals surface area contributed by atoms with Crippen LogP contribution in [-0.2, 0) is 14.6 Å². The first kappa shape index (κ1) is 13.2. The largest absolute Gasteiger partial charge is 0.276 e. The van der Waals surface area contributed by atoms with Gasteiger partial charge < -0.3 is 0 Å². The number of benzene rings is 2. The van der Waals surface area contributed by atoms with Crippen molar-refractivity contribution >= 4 is 21.0 Å². The van der Waals surface area contributed by atoms with E-state index in [1.807, 2.05) is 18.2 Å². The number of carbonyl (C=O) groups is 1. The zero-order valence-electron chi connectivity index (χ0n) is 10.1. The highest BCUT2D eigenvalue weighted by atomic mass is 32.2. The maximum absolute atomic E-state index is 12.0. The Morgan fingerprint density at radius 1 is 0.842 bits per heavy atom. The monoisotopic (exact) mass is 272 g/mol. The van der Waals surface area contributed by atoms with Gasteiger partial charge in [-0.25, -0.2) is 8.42 Å². The van der Waals surface area contributed by atoms with Crippen LogP contribution >= 0.6 is 0 Å². The summed E-state index contributed by atoms with van der Waals surface area (Å²) >= 11 is 0. The van der Waals surface area contributed by atoms with Crippen LogP contribution in [0.2, 0.25) is 0 Å². The molecule has 0 saturated heterocycles. The van der Waals surface area contributed by atoms with Gasteiger partial charge in [0.15, 0.2) is 0 Å². The Balaban J connectivity index is 2.24. The van der Waals surface area contributed by atoms with Crippen LogP contribution < -0.4 is 0 Å². The molecule has 0 heterocycles. The second kappa shape index (κ2) is 5.63. The summed E-state index contributed by atoms with van der Waals surface area (Å²) in [5.41, 5.74) is 0.777. The summed E-state index contributed by atoms with van der Waals surface area (Å²) < 4.78 is 23.9. The van der Waals surface area contributed by atoms with Gasteiger partial charge >= 0.3 is 0 Å². The summed E-state index contributed by atoms with van der Waals surface area (Å²) in [6.07, 6.45) is 2.57. The molecule has 0 fully saturated rings. The van der Waals surface area contributed by atoms with E-state index in [0.717, 1.165) is 11.6 Å². The van der Waals surface area contributed by atoms with E-state index in [-0.39, 0.29) is 4.90 Å². The SMILES string of the molecule is O=C(C=Cc1ccccc1)S(=O)(=O)c1ccccc1. The summed E-state index contributed by atoms with van der Waals surface area (Å²) in [5.74, 6) is 0. The van der Waals surface area contributed by atoms with Gasteiger partial charge in [-0.2, -0.15) is 0 Å². The third kappa shape index (κ3) is 3.17. The Hall–Kier alpha value is -2.20. The zero-order chi connectivity index (χ0) is 13.7. The Morgan fingerprint density at radius 2 is 1.37 bits per heavy atom. The minimum atomic E-state index is -3.93. The van der Waals surface area contributed by atoms with Crippen LogP contribution in [0.3, 0.4) is 0 Å². The number of carbonyl (C=O) groups excluding carboxylic acids is 1. The zero-order valence-corrected chi connectivity index (χ0v) is 10.9. The summed E-state index contributed by atoms with van der Waals surface area (Å²) in [7, 11) is -3.93. The molecule has 2 rings (SSSR count). The summed E-state index contributed by atoms with van der Waals surface area (Å²) in [4.78, 5) is 11.8. The lowest BCUT2D eigenvalue weighted by Gasteiger charge is -1.99. The van der Waals surface area contributed by atoms with E-state index in [0.29, 0.717) is 0 Å². The molecule has 0 bridgehead atoms. The average Bonchev–Trinajstić information content (AvgIpc) is 2.46. The van der Waals surface area contributed by atoms with Crippen LogP contribution in [0.5, 0.6) is 0 Å². The fourth-order valence-corrected chi connectivity index (χ4v) is 2.53. The van der Waals surface area contributed by atoms with E-state index < -0.39 is 15.0 Å². The van der Waals surface area contributed by atoms with E-state index in [2.05, 4.69) is 0 Å². The van der Waals surface area contributed by atoms with Crippen molar-refractivity contribution in [1.82, 2.24) is 0 Å². The van der Waals surface area contributed by atoms with Crippen LogP contribution in [0.25, 0.3) is 6.08 Å². The summed E-state index contributed by atoms with van der Waals surface area (Å²) in [5, 5.41) is -0.914. The molecule has 0 N–H and O–H groups in total. The Bertz CT molecular complexity index is 687. The van der Waals surface area contributed by atoms with Crippen molar-refractivity contribution in [2.45, 2.75) is 4.90 Å². The smallest absolute Gasteiger partial charge is 0.274 e. The maximum atomic E-state index is 12.0. The number of hydrogen-bond acceptors (Lipinski definition) is 3. The molecule has 0 aromatic heterocycles. The molecule has 4 heteroatoms. The molecule has 96 valence electrons. The van der Waals surface area contributed by atoms with Crippen LogP contribution in [0.15, 0.2) is 71.6 Å². The third-order valence-corrected chi connectivity index (χ3v) is 4.09. The molecule has 0 aliphatic carbocycles. The Kier molecular flexibility index (Phi) is 3.92. The lowest BCUT2D eigenvalue weighted by Crippen LogP contribution is -2.12. The van der Waals surface area contributed by atoms with Gasteiger partial charge in [-0.1, -0.05) is 54.6 Å². The fraction of sp³-hybridized carbons (Fsp3) is 0. The molecule has 0 atom stereocenters. The van der Waals surface area contributed by atoms with Crippen molar-refractivity contribution < 1.29 is 13.2 Å². The molecule has 0 spiro atoms. The van der Waals surface area contributed by atoms with Crippen molar-refractivity contribution in [1.29, 1.82) is 0 Å². The molecule has 0 unspecified atom stereocenters. The minimum absolute atomic E-state index is 0.0118. The van der Waals surface area contributed by atoms with Crippen LogP contribution in [0.1, 0.15) is 5.56 Å². The lowest BCUT2D eigenvalue weighted by atomic mass is 10.2. The molecule has 2 aromatic carbocycles. The fourth-order valence-electron chi connectivity index (χ4n) is 1.53. The highest BCUT2D eigenvalue weighted by Gasteiger charge is 2.21. The highest BCUT2D eigenvalue weighted by molar-refractivity contribution is 8.06. The summed E-state index contributed by atoms with van der Waals surface area (Å²) in [6.45, 7) is 0. The predicted octanol–water partition coefficient (Wildman–Crippen LogP) is 2.70. The molecule has 0 saturated carbocycles. The Labute approximate surface area is 112 Å². The predicted molar refractivity (Wildman–Crippen MR) is 74.1 cm³/mol. The second-order valence-electron chi connectivity index (χ2n) is 3.88. The van der Waals surface area contributed by atoms with Gasteiger partial charge in [-0.3, -0.25) is 4.79 Å². The molecule has 19 heavy (non-hydrogen) atoms. The second-order valence-corrected chi connectivity index (χ2v) is 5.76. The Morgan fingerprint density at radius 3 is 1.95 bits per heavy atom. The van der Waals surface area contributed by atoms with Gasteiger partial charge in [0.25, 0.3) is 5.12 Å². The van der Waals surface area contributed by atoms with Crippen molar-refractivity contribution in [3.63, 3.8) is 0 Å². The van der Waals surface area contributed by atoms with E-state index in [9.17, 15) is 13.2 Å². The van der Waals surface area contributed by atoms with Crippen molar-refractivity contribution in [2.24, 2.45) is 0 Å². The third-order valence-electron chi connectivity index (χ3n) is 2.53. The molecule has 2 aromatic rings. The van der Waals surface area contributed by atoms with E-state index >= 15 is 0 Å².